The van der Waals surface area contributed by atoms with Crippen LogP contribution in [-0.2, 0) is 10.0 Å². The van der Waals surface area contributed by atoms with Crippen LogP contribution in [0.3, 0.4) is 0 Å². The second-order valence-electron chi connectivity index (χ2n) is 7.28. The van der Waals surface area contributed by atoms with Crippen LogP contribution in [0.5, 0.6) is 0 Å². The highest BCUT2D eigenvalue weighted by molar-refractivity contribution is 7.89. The second-order valence-corrected chi connectivity index (χ2v) is 9.22. The molecule has 2 rings (SSSR count). The lowest BCUT2D eigenvalue weighted by atomic mass is 10.0. The molecular weight excluding hydrogens is 362 g/mol. The van der Waals surface area contributed by atoms with Crippen molar-refractivity contribution in [3.63, 3.8) is 0 Å². The molecule has 3 N–H and O–H groups in total. The number of nitrogens with zero attached hydrogens (tertiary/aromatic N) is 1. The first-order chi connectivity index (χ1) is 11.1. The molecule has 0 unspecified atom stereocenters. The van der Waals surface area contributed by atoms with Gasteiger partial charge in [0.05, 0.1) is 4.90 Å². The van der Waals surface area contributed by atoms with E-state index in [9.17, 15) is 13.2 Å². The zero-order chi connectivity index (χ0) is 18.0. The van der Waals surface area contributed by atoms with Gasteiger partial charge in [0.1, 0.15) is 0 Å². The number of rotatable bonds is 5. The molecule has 0 atom stereocenters. The Hall–Kier alpha value is -1.15. The Morgan fingerprint density at radius 2 is 1.76 bits per heavy atom. The van der Waals surface area contributed by atoms with Crippen molar-refractivity contribution in [2.45, 2.75) is 44.0 Å². The fraction of sp³-hybridized carbons (Fsp3) is 0.588. The molecule has 0 saturated carbocycles. The van der Waals surface area contributed by atoms with E-state index in [1.54, 1.807) is 0 Å². The largest absolute Gasteiger partial charge is 0.350 e. The van der Waals surface area contributed by atoms with Crippen LogP contribution in [0.1, 0.15) is 44.0 Å². The molecule has 25 heavy (non-hydrogen) atoms. The minimum atomic E-state index is -3.48. The van der Waals surface area contributed by atoms with Crippen molar-refractivity contribution in [1.29, 1.82) is 0 Å². The van der Waals surface area contributed by atoms with E-state index < -0.39 is 15.6 Å². The van der Waals surface area contributed by atoms with Gasteiger partial charge in [-0.3, -0.25) is 4.79 Å². The molecule has 0 spiro atoms. The average molecular weight is 390 g/mol. The highest BCUT2D eigenvalue weighted by atomic mass is 35.5. The highest BCUT2D eigenvalue weighted by Crippen LogP contribution is 2.23. The van der Waals surface area contributed by atoms with Gasteiger partial charge in [-0.05, 0) is 56.9 Å². The van der Waals surface area contributed by atoms with E-state index in [0.29, 0.717) is 31.1 Å². The number of carbonyl (C=O) groups excluding carboxylic acids is 1. The zero-order valence-corrected chi connectivity index (χ0v) is 16.6. The topological polar surface area (TPSA) is 92.5 Å². The Kier molecular flexibility index (Phi) is 7.43. The summed E-state index contributed by atoms with van der Waals surface area (Å²) in [5.41, 5.74) is 5.76. The van der Waals surface area contributed by atoms with Crippen LogP contribution < -0.4 is 11.1 Å². The van der Waals surface area contributed by atoms with E-state index in [1.807, 2.05) is 13.8 Å². The van der Waals surface area contributed by atoms with Gasteiger partial charge in [-0.2, -0.15) is 4.31 Å². The minimum absolute atomic E-state index is 0. The molecule has 0 bridgehead atoms. The Morgan fingerprint density at radius 1 is 1.24 bits per heavy atom. The molecule has 8 heteroatoms. The van der Waals surface area contributed by atoms with Crippen molar-refractivity contribution in [2.75, 3.05) is 19.6 Å². The maximum Gasteiger partial charge on any atom is 0.251 e. The summed E-state index contributed by atoms with van der Waals surface area (Å²) in [5, 5.41) is 2.74. The fourth-order valence-electron chi connectivity index (χ4n) is 2.56. The molecule has 1 fully saturated rings. The number of nitrogens with two attached hydrogens (primary N) is 1. The van der Waals surface area contributed by atoms with Crippen molar-refractivity contribution in [3.8, 4) is 0 Å². The van der Waals surface area contributed by atoms with Gasteiger partial charge in [-0.25, -0.2) is 8.42 Å². The zero-order valence-electron chi connectivity index (χ0n) is 15.0. The highest BCUT2D eigenvalue weighted by Gasteiger charge is 2.28. The molecule has 1 amide bonds. The van der Waals surface area contributed by atoms with E-state index in [2.05, 4.69) is 12.2 Å². The van der Waals surface area contributed by atoms with E-state index in [4.69, 9.17) is 5.73 Å². The molecular formula is C17H28ClN3O3S. The third kappa shape index (κ3) is 5.95. The number of hydrogen-bond acceptors (Lipinski definition) is 4. The maximum atomic E-state index is 12.6. The van der Waals surface area contributed by atoms with Crippen LogP contribution in [0.15, 0.2) is 29.2 Å². The summed E-state index contributed by atoms with van der Waals surface area (Å²) in [4.78, 5) is 12.3. The first kappa shape index (κ1) is 21.9. The number of nitrogens with one attached hydrogen (secondary N) is 1. The first-order valence-corrected chi connectivity index (χ1v) is 9.71. The van der Waals surface area contributed by atoms with E-state index in [1.165, 1.54) is 28.6 Å². The van der Waals surface area contributed by atoms with Gasteiger partial charge in [0.25, 0.3) is 5.91 Å². The van der Waals surface area contributed by atoms with Crippen molar-refractivity contribution in [1.82, 2.24) is 9.62 Å². The maximum absolute atomic E-state index is 12.6. The quantitative estimate of drug-likeness (QED) is 0.805. The number of piperidine rings is 1. The summed E-state index contributed by atoms with van der Waals surface area (Å²) < 4.78 is 26.8. The lowest BCUT2D eigenvalue weighted by Crippen LogP contribution is -2.45. The average Bonchev–Trinajstić information content (AvgIpc) is 2.52. The summed E-state index contributed by atoms with van der Waals surface area (Å²) in [6.07, 6.45) is 1.77. The van der Waals surface area contributed by atoms with Crippen molar-refractivity contribution in [2.24, 2.45) is 11.7 Å². The summed E-state index contributed by atoms with van der Waals surface area (Å²) >= 11 is 0. The van der Waals surface area contributed by atoms with Crippen molar-refractivity contribution >= 4 is 28.3 Å². The third-order valence-electron chi connectivity index (χ3n) is 4.20. The monoisotopic (exact) mass is 389 g/mol. The van der Waals surface area contributed by atoms with Crippen LogP contribution in [0, 0.1) is 5.92 Å². The summed E-state index contributed by atoms with van der Waals surface area (Å²) in [5.74, 6) is 0.304. The van der Waals surface area contributed by atoms with Gasteiger partial charge in [-0.15, -0.1) is 12.4 Å². The second kappa shape index (κ2) is 8.49. The van der Waals surface area contributed by atoms with Gasteiger partial charge in [-0.1, -0.05) is 6.92 Å². The van der Waals surface area contributed by atoms with Gasteiger partial charge < -0.3 is 11.1 Å². The summed E-state index contributed by atoms with van der Waals surface area (Å²) in [6, 6.07) is 6.07. The number of benzene rings is 1. The minimum Gasteiger partial charge on any atom is -0.350 e. The fourth-order valence-corrected chi connectivity index (χ4v) is 4.03. The number of carbonyl (C=O) groups is 1. The Balaban J connectivity index is 0.00000312. The smallest absolute Gasteiger partial charge is 0.251 e. The van der Waals surface area contributed by atoms with Crippen LogP contribution in [0.2, 0.25) is 0 Å². The Bertz CT molecular complexity index is 676. The summed E-state index contributed by atoms with van der Waals surface area (Å²) in [7, 11) is -3.48. The number of sulfonamides is 1. The molecule has 1 aliphatic heterocycles. The van der Waals surface area contributed by atoms with Gasteiger partial charge in [0.2, 0.25) is 10.0 Å². The third-order valence-corrected chi connectivity index (χ3v) is 6.11. The van der Waals surface area contributed by atoms with Crippen LogP contribution >= 0.6 is 12.4 Å². The molecule has 0 aromatic heterocycles. The molecule has 6 nitrogen and oxygen atoms in total. The molecule has 1 aromatic rings. The molecule has 1 heterocycles. The molecule has 142 valence electrons. The number of halogens is 1. The van der Waals surface area contributed by atoms with E-state index in [-0.39, 0.29) is 23.2 Å². The normalized spacial score (nSPS) is 17.0. The van der Waals surface area contributed by atoms with Crippen molar-refractivity contribution < 1.29 is 13.2 Å². The van der Waals surface area contributed by atoms with E-state index in [0.717, 1.165) is 12.8 Å². The Morgan fingerprint density at radius 3 is 2.24 bits per heavy atom. The van der Waals surface area contributed by atoms with Gasteiger partial charge in [0.15, 0.2) is 0 Å². The molecule has 1 saturated heterocycles. The number of hydrogen-bond donors (Lipinski definition) is 2. The van der Waals surface area contributed by atoms with Gasteiger partial charge >= 0.3 is 0 Å². The Labute approximate surface area is 156 Å². The lowest BCUT2D eigenvalue weighted by molar-refractivity contribution is 0.0946. The summed E-state index contributed by atoms with van der Waals surface area (Å²) in [6.45, 7) is 7.23. The SMILES string of the molecule is CC1CCN(S(=O)(=O)c2ccc(C(=O)NCC(C)(C)N)cc2)CC1.Cl. The number of amides is 1. The van der Waals surface area contributed by atoms with Crippen LogP contribution in [0.25, 0.3) is 0 Å². The van der Waals surface area contributed by atoms with Crippen LogP contribution in [-0.4, -0.2) is 43.8 Å². The predicted molar refractivity (Wildman–Crippen MR) is 101 cm³/mol. The predicted octanol–water partition coefficient (Wildman–Crippen LogP) is 2.00. The van der Waals surface area contributed by atoms with Gasteiger partial charge in [0, 0.05) is 30.7 Å². The molecule has 1 aliphatic rings. The van der Waals surface area contributed by atoms with Crippen molar-refractivity contribution in [3.05, 3.63) is 29.8 Å². The molecule has 1 aromatic carbocycles. The van der Waals surface area contributed by atoms with Crippen LogP contribution in [0.4, 0.5) is 0 Å². The molecule has 0 radical (unpaired) electrons. The van der Waals surface area contributed by atoms with E-state index >= 15 is 0 Å². The first-order valence-electron chi connectivity index (χ1n) is 8.27. The standard InChI is InChI=1S/C17H27N3O3S.ClH/c1-13-8-10-20(11-9-13)24(22,23)15-6-4-14(5-7-15)16(21)19-12-17(2,3)18;/h4-7,13H,8-12,18H2,1-3H3,(H,19,21);1H. The lowest BCUT2D eigenvalue weighted by Gasteiger charge is -2.29. The molecule has 0 aliphatic carbocycles.